The monoisotopic (exact) mass is 328 g/mol. The van der Waals surface area contributed by atoms with Gasteiger partial charge in [-0.05, 0) is 34.1 Å². The van der Waals surface area contributed by atoms with E-state index in [0.717, 1.165) is 0 Å². The average Bonchev–Trinajstić information content (AvgIpc) is 2.42. The van der Waals surface area contributed by atoms with Crippen LogP contribution in [0.1, 0.15) is 0 Å². The zero-order valence-electron chi connectivity index (χ0n) is 9.82. The first-order valence-electron chi connectivity index (χ1n) is 5.11. The van der Waals surface area contributed by atoms with Gasteiger partial charge >= 0.3 is 6.01 Å². The summed E-state index contributed by atoms with van der Waals surface area (Å²) in [6.45, 7) is 0. The van der Waals surface area contributed by atoms with Gasteiger partial charge in [0.25, 0.3) is 0 Å². The van der Waals surface area contributed by atoms with Crippen LogP contribution < -0.4 is 21.3 Å². The number of halogens is 2. The summed E-state index contributed by atoms with van der Waals surface area (Å²) in [5.74, 6) is 5.25. The highest BCUT2D eigenvalue weighted by molar-refractivity contribution is 9.10. The van der Waals surface area contributed by atoms with Crippen molar-refractivity contribution in [2.75, 3.05) is 17.9 Å². The molecule has 0 aliphatic heterocycles. The minimum absolute atomic E-state index is 0.103. The first kappa shape index (κ1) is 13.4. The molecule has 0 spiro atoms. The molecule has 0 aliphatic rings. The van der Waals surface area contributed by atoms with E-state index in [9.17, 15) is 4.39 Å². The maximum atomic E-state index is 13.1. The molecule has 100 valence electrons. The number of nitrogens with one attached hydrogen (secondary N) is 2. The Hall–Kier alpha value is -2.00. The van der Waals surface area contributed by atoms with Gasteiger partial charge in [-0.15, -0.1) is 0 Å². The second-order valence-corrected chi connectivity index (χ2v) is 4.22. The van der Waals surface area contributed by atoms with Gasteiger partial charge in [0, 0.05) is 5.69 Å². The van der Waals surface area contributed by atoms with Crippen molar-refractivity contribution in [3.8, 4) is 6.01 Å². The second-order valence-electron chi connectivity index (χ2n) is 3.37. The van der Waals surface area contributed by atoms with Crippen molar-refractivity contribution in [2.45, 2.75) is 0 Å². The predicted molar refractivity (Wildman–Crippen MR) is 71.6 cm³/mol. The van der Waals surface area contributed by atoms with Gasteiger partial charge in [-0.1, -0.05) is 0 Å². The van der Waals surface area contributed by atoms with E-state index in [-0.39, 0.29) is 23.7 Å². The second kappa shape index (κ2) is 5.76. The lowest BCUT2D eigenvalue weighted by Crippen LogP contribution is -2.13. The maximum Gasteiger partial charge on any atom is 0.322 e. The molecule has 0 aliphatic carbocycles. The SMILES string of the molecule is COc1nc(NN)nc(Nc2ccc(F)c(Br)c2)n1. The molecule has 0 radical (unpaired) electrons. The largest absolute Gasteiger partial charge is 0.467 e. The Bertz CT molecular complexity index is 574. The summed E-state index contributed by atoms with van der Waals surface area (Å²) in [4.78, 5) is 11.8. The number of hydrogen-bond acceptors (Lipinski definition) is 7. The topological polar surface area (TPSA) is 98.0 Å². The molecule has 9 heteroatoms. The first-order valence-corrected chi connectivity index (χ1v) is 5.90. The number of methoxy groups -OCH3 is 1. The zero-order valence-corrected chi connectivity index (χ0v) is 11.4. The highest BCUT2D eigenvalue weighted by Gasteiger charge is 2.07. The Morgan fingerprint density at radius 1 is 1.26 bits per heavy atom. The lowest BCUT2D eigenvalue weighted by atomic mass is 10.3. The highest BCUT2D eigenvalue weighted by atomic mass is 79.9. The molecule has 7 nitrogen and oxygen atoms in total. The normalized spacial score (nSPS) is 10.1. The van der Waals surface area contributed by atoms with Crippen molar-refractivity contribution >= 4 is 33.5 Å². The molecule has 0 atom stereocenters. The highest BCUT2D eigenvalue weighted by Crippen LogP contribution is 2.22. The van der Waals surface area contributed by atoms with Gasteiger partial charge in [-0.25, -0.2) is 10.2 Å². The maximum absolute atomic E-state index is 13.1. The van der Waals surface area contributed by atoms with Crippen LogP contribution in [0.2, 0.25) is 0 Å². The van der Waals surface area contributed by atoms with Gasteiger partial charge in [-0.2, -0.15) is 15.0 Å². The summed E-state index contributed by atoms with van der Waals surface area (Å²) in [6, 6.07) is 4.52. The van der Waals surface area contributed by atoms with Crippen LogP contribution in [0.5, 0.6) is 6.01 Å². The molecule has 2 aromatic rings. The summed E-state index contributed by atoms with van der Waals surface area (Å²) in [7, 11) is 1.42. The molecule has 1 aromatic carbocycles. The van der Waals surface area contributed by atoms with Gasteiger partial charge in [0.2, 0.25) is 11.9 Å². The van der Waals surface area contributed by atoms with Gasteiger partial charge in [0.05, 0.1) is 11.6 Å². The Morgan fingerprint density at radius 3 is 2.63 bits per heavy atom. The summed E-state index contributed by atoms with van der Waals surface area (Å²) >= 11 is 3.09. The van der Waals surface area contributed by atoms with E-state index in [1.807, 2.05) is 0 Å². The number of rotatable bonds is 4. The van der Waals surface area contributed by atoms with Crippen LogP contribution in [0.25, 0.3) is 0 Å². The molecule has 0 saturated heterocycles. The van der Waals surface area contributed by atoms with Crippen LogP contribution in [-0.4, -0.2) is 22.1 Å². The van der Waals surface area contributed by atoms with Crippen LogP contribution in [0.3, 0.4) is 0 Å². The number of nitrogen functional groups attached to an aromatic ring is 1. The number of anilines is 3. The Kier molecular flexibility index (Phi) is 4.07. The van der Waals surface area contributed by atoms with Gasteiger partial charge in [0.1, 0.15) is 5.82 Å². The van der Waals surface area contributed by atoms with Crippen LogP contribution in [0.4, 0.5) is 22.0 Å². The third-order valence-electron chi connectivity index (χ3n) is 2.10. The number of aromatic nitrogens is 3. The van der Waals surface area contributed by atoms with Crippen molar-refractivity contribution in [1.82, 2.24) is 15.0 Å². The number of benzene rings is 1. The summed E-state index contributed by atoms with van der Waals surface area (Å²) in [5.41, 5.74) is 2.90. The fourth-order valence-corrected chi connectivity index (χ4v) is 1.65. The standard InChI is InChI=1S/C10H10BrFN6O/c1-19-10-16-8(15-9(17-10)18-13)14-5-2-3-7(12)6(11)4-5/h2-4H,13H2,1H3,(H2,14,15,16,17,18). The third-order valence-corrected chi connectivity index (χ3v) is 2.71. The van der Waals surface area contributed by atoms with E-state index in [0.29, 0.717) is 10.2 Å². The Labute approximate surface area is 116 Å². The fourth-order valence-electron chi connectivity index (χ4n) is 1.27. The van der Waals surface area contributed by atoms with E-state index in [1.165, 1.54) is 13.2 Å². The van der Waals surface area contributed by atoms with Crippen molar-refractivity contribution in [2.24, 2.45) is 5.84 Å². The molecule has 4 N–H and O–H groups in total. The Balaban J connectivity index is 2.29. The molecule has 2 rings (SSSR count). The molecular weight excluding hydrogens is 319 g/mol. The smallest absolute Gasteiger partial charge is 0.322 e. The van der Waals surface area contributed by atoms with Gasteiger partial charge < -0.3 is 10.1 Å². The van der Waals surface area contributed by atoms with Crippen molar-refractivity contribution in [3.05, 3.63) is 28.5 Å². The molecule has 1 heterocycles. The molecule has 0 saturated carbocycles. The van der Waals surface area contributed by atoms with Crippen molar-refractivity contribution in [1.29, 1.82) is 0 Å². The Morgan fingerprint density at radius 2 is 2.00 bits per heavy atom. The number of ether oxygens (including phenoxy) is 1. The molecule has 0 amide bonds. The summed E-state index contributed by atoms with van der Waals surface area (Å²) < 4.78 is 18.4. The molecule has 0 unspecified atom stereocenters. The van der Waals surface area contributed by atoms with E-state index in [4.69, 9.17) is 10.6 Å². The number of nitrogens with zero attached hydrogens (tertiary/aromatic N) is 3. The predicted octanol–water partition coefficient (Wildman–Crippen LogP) is 1.81. The van der Waals surface area contributed by atoms with Crippen LogP contribution in [0, 0.1) is 5.82 Å². The molecule has 1 aromatic heterocycles. The first-order chi connectivity index (χ1) is 9.12. The lowest BCUT2D eigenvalue weighted by molar-refractivity contribution is 0.379. The molecule has 0 fully saturated rings. The average molecular weight is 329 g/mol. The number of hydrazine groups is 1. The van der Waals surface area contributed by atoms with E-state index in [2.05, 4.69) is 41.6 Å². The lowest BCUT2D eigenvalue weighted by Gasteiger charge is -2.08. The summed E-state index contributed by atoms with van der Waals surface area (Å²) in [6.07, 6.45) is 0. The minimum Gasteiger partial charge on any atom is -0.467 e. The summed E-state index contributed by atoms with van der Waals surface area (Å²) in [5, 5.41) is 2.89. The molecular formula is C10H10BrFN6O. The zero-order chi connectivity index (χ0) is 13.8. The fraction of sp³-hybridized carbons (Fsp3) is 0.100. The van der Waals surface area contributed by atoms with Gasteiger partial charge in [-0.3, -0.25) is 5.43 Å². The van der Waals surface area contributed by atoms with Crippen molar-refractivity contribution < 1.29 is 9.13 Å². The minimum atomic E-state index is -0.358. The van der Waals surface area contributed by atoms with Gasteiger partial charge in [0.15, 0.2) is 0 Å². The third kappa shape index (κ3) is 3.26. The number of nitrogens with two attached hydrogens (primary N) is 1. The van der Waals surface area contributed by atoms with Crippen LogP contribution in [0.15, 0.2) is 22.7 Å². The number of hydrogen-bond donors (Lipinski definition) is 3. The molecule has 0 bridgehead atoms. The van der Waals surface area contributed by atoms with E-state index >= 15 is 0 Å². The van der Waals surface area contributed by atoms with Crippen LogP contribution in [-0.2, 0) is 0 Å². The quantitative estimate of drug-likeness (QED) is 0.581. The molecule has 19 heavy (non-hydrogen) atoms. The van der Waals surface area contributed by atoms with Crippen molar-refractivity contribution in [3.63, 3.8) is 0 Å². The van der Waals surface area contributed by atoms with Crippen LogP contribution >= 0.6 is 15.9 Å². The van der Waals surface area contributed by atoms with E-state index < -0.39 is 0 Å². The van der Waals surface area contributed by atoms with E-state index in [1.54, 1.807) is 12.1 Å².